The van der Waals surface area contributed by atoms with E-state index in [1.54, 1.807) is 0 Å². The molecule has 1 saturated carbocycles. The number of alkyl halides is 3. The summed E-state index contributed by atoms with van der Waals surface area (Å²) >= 11 is 0. The van der Waals surface area contributed by atoms with E-state index in [1.165, 1.54) is 12.1 Å². The van der Waals surface area contributed by atoms with Gasteiger partial charge in [-0.15, -0.1) is 13.2 Å². The number of benzene rings is 1. The van der Waals surface area contributed by atoms with Crippen LogP contribution in [0.3, 0.4) is 0 Å². The van der Waals surface area contributed by atoms with E-state index in [9.17, 15) is 22.8 Å². The molecule has 126 valence electrons. The Morgan fingerprint density at radius 2 is 2.00 bits per heavy atom. The average Bonchev–Trinajstić information content (AvgIpc) is 2.33. The minimum absolute atomic E-state index is 0.142. The first-order chi connectivity index (χ1) is 10.7. The predicted octanol–water partition coefficient (Wildman–Crippen LogP) is 2.64. The normalized spacial score (nSPS) is 16.3. The second kappa shape index (κ2) is 6.47. The molecule has 0 spiro atoms. The molecule has 2 rings (SSSR count). The molecule has 5 nitrogen and oxygen atoms in total. The lowest BCUT2D eigenvalue weighted by molar-refractivity contribution is -0.274. The molecule has 0 heterocycles. The number of carboxylic acid groups (broad SMARTS) is 1. The van der Waals surface area contributed by atoms with Crippen LogP contribution in [0.2, 0.25) is 0 Å². The third kappa shape index (κ3) is 5.15. The zero-order chi connectivity index (χ0) is 17.1. The van der Waals surface area contributed by atoms with Crippen LogP contribution >= 0.6 is 0 Å². The maximum Gasteiger partial charge on any atom is 0.573 e. The van der Waals surface area contributed by atoms with Crippen molar-refractivity contribution in [1.82, 2.24) is 5.32 Å². The molecular formula is C15H16F3NO4. The maximum absolute atomic E-state index is 12.2. The van der Waals surface area contributed by atoms with Crippen LogP contribution in [0.1, 0.15) is 31.2 Å². The van der Waals surface area contributed by atoms with Crippen molar-refractivity contribution >= 4 is 11.9 Å². The third-order valence-electron chi connectivity index (χ3n) is 3.70. The summed E-state index contributed by atoms with van der Waals surface area (Å²) in [5, 5.41) is 11.6. The van der Waals surface area contributed by atoms with Crippen molar-refractivity contribution in [3.8, 4) is 5.75 Å². The summed E-state index contributed by atoms with van der Waals surface area (Å²) in [4.78, 5) is 22.9. The molecule has 1 aromatic carbocycles. The molecule has 1 aliphatic carbocycles. The van der Waals surface area contributed by atoms with E-state index >= 15 is 0 Å². The van der Waals surface area contributed by atoms with Gasteiger partial charge in [-0.2, -0.15) is 0 Å². The number of rotatable bonds is 6. The van der Waals surface area contributed by atoms with Crippen molar-refractivity contribution < 1.29 is 32.6 Å². The van der Waals surface area contributed by atoms with Gasteiger partial charge in [0, 0.05) is 0 Å². The van der Waals surface area contributed by atoms with Gasteiger partial charge in [-0.1, -0.05) is 12.1 Å². The van der Waals surface area contributed by atoms with Gasteiger partial charge in [0.25, 0.3) is 0 Å². The summed E-state index contributed by atoms with van der Waals surface area (Å²) in [7, 11) is 0. The molecule has 1 amide bonds. The predicted molar refractivity (Wildman–Crippen MR) is 73.8 cm³/mol. The van der Waals surface area contributed by atoms with Crippen molar-refractivity contribution in [3.05, 3.63) is 29.8 Å². The quantitative estimate of drug-likeness (QED) is 0.840. The van der Waals surface area contributed by atoms with Gasteiger partial charge < -0.3 is 15.2 Å². The van der Waals surface area contributed by atoms with Crippen LogP contribution in [0.25, 0.3) is 0 Å². The van der Waals surface area contributed by atoms with E-state index in [-0.39, 0.29) is 12.8 Å². The van der Waals surface area contributed by atoms with Crippen molar-refractivity contribution in [2.75, 3.05) is 0 Å². The monoisotopic (exact) mass is 331 g/mol. The molecule has 0 radical (unpaired) electrons. The second-order valence-corrected chi connectivity index (χ2v) is 5.62. The molecule has 0 atom stereocenters. The summed E-state index contributed by atoms with van der Waals surface area (Å²) in [5.41, 5.74) is -0.378. The van der Waals surface area contributed by atoms with Crippen molar-refractivity contribution in [3.63, 3.8) is 0 Å². The van der Waals surface area contributed by atoms with E-state index in [0.29, 0.717) is 18.4 Å². The Bertz CT molecular complexity index is 597. The van der Waals surface area contributed by atoms with Crippen LogP contribution in [0.4, 0.5) is 13.2 Å². The smallest absolute Gasteiger partial charge is 0.481 e. The van der Waals surface area contributed by atoms with Crippen LogP contribution < -0.4 is 10.1 Å². The highest BCUT2D eigenvalue weighted by atomic mass is 19.4. The summed E-state index contributed by atoms with van der Waals surface area (Å²) in [6.07, 6.45) is -3.09. The largest absolute Gasteiger partial charge is 0.573 e. The fraction of sp³-hybridized carbons (Fsp3) is 0.467. The lowest BCUT2D eigenvalue weighted by Gasteiger charge is -2.41. The first-order valence-corrected chi connectivity index (χ1v) is 7.05. The number of nitrogens with one attached hydrogen (secondary N) is 1. The minimum Gasteiger partial charge on any atom is -0.481 e. The number of carbonyl (C=O) groups excluding carboxylic acids is 1. The van der Waals surface area contributed by atoms with Crippen molar-refractivity contribution in [2.24, 2.45) is 0 Å². The molecule has 2 N–H and O–H groups in total. The molecule has 23 heavy (non-hydrogen) atoms. The third-order valence-corrected chi connectivity index (χ3v) is 3.70. The molecule has 0 bridgehead atoms. The van der Waals surface area contributed by atoms with Gasteiger partial charge in [0.1, 0.15) is 5.75 Å². The number of aliphatic carboxylic acids is 1. The number of carbonyl (C=O) groups is 2. The van der Waals surface area contributed by atoms with E-state index < -0.39 is 29.5 Å². The average molecular weight is 331 g/mol. The summed E-state index contributed by atoms with van der Waals surface area (Å²) in [6, 6.07) is 5.15. The minimum atomic E-state index is -4.79. The van der Waals surface area contributed by atoms with Gasteiger partial charge in [0.05, 0.1) is 18.4 Å². The van der Waals surface area contributed by atoms with Crippen LogP contribution in [0, 0.1) is 0 Å². The van der Waals surface area contributed by atoms with Crippen LogP contribution in [0.5, 0.6) is 5.75 Å². The Kier molecular flexibility index (Phi) is 4.82. The first-order valence-electron chi connectivity index (χ1n) is 7.05. The molecule has 8 heteroatoms. The van der Waals surface area contributed by atoms with Gasteiger partial charge in [0.2, 0.25) is 5.91 Å². The lowest BCUT2D eigenvalue weighted by atomic mass is 9.74. The Morgan fingerprint density at radius 1 is 1.30 bits per heavy atom. The fourth-order valence-corrected chi connectivity index (χ4v) is 2.62. The maximum atomic E-state index is 12.2. The molecule has 0 saturated heterocycles. The molecule has 0 aromatic heterocycles. The van der Waals surface area contributed by atoms with Crippen LogP contribution in [0.15, 0.2) is 24.3 Å². The molecule has 0 aliphatic heterocycles. The Labute approximate surface area is 130 Å². The Hall–Kier alpha value is -2.25. The van der Waals surface area contributed by atoms with Crippen LogP contribution in [-0.4, -0.2) is 28.9 Å². The highest BCUT2D eigenvalue weighted by Crippen LogP contribution is 2.35. The van der Waals surface area contributed by atoms with Gasteiger partial charge >= 0.3 is 12.3 Å². The van der Waals surface area contributed by atoms with E-state index in [1.807, 2.05) is 0 Å². The summed E-state index contributed by atoms with van der Waals surface area (Å²) in [5.74, 6) is -1.81. The van der Waals surface area contributed by atoms with Gasteiger partial charge in [-0.25, -0.2) is 0 Å². The summed E-state index contributed by atoms with van der Waals surface area (Å²) in [6.45, 7) is 0. The van der Waals surface area contributed by atoms with Gasteiger partial charge in [0.15, 0.2) is 0 Å². The van der Waals surface area contributed by atoms with E-state index in [4.69, 9.17) is 5.11 Å². The topological polar surface area (TPSA) is 75.6 Å². The molecule has 1 aliphatic rings. The van der Waals surface area contributed by atoms with Crippen molar-refractivity contribution in [1.29, 1.82) is 0 Å². The molecular weight excluding hydrogens is 315 g/mol. The lowest BCUT2D eigenvalue weighted by Crippen LogP contribution is -2.55. The first kappa shape index (κ1) is 17.1. The highest BCUT2D eigenvalue weighted by Gasteiger charge is 2.40. The highest BCUT2D eigenvalue weighted by molar-refractivity contribution is 5.80. The Morgan fingerprint density at radius 3 is 2.52 bits per heavy atom. The van der Waals surface area contributed by atoms with Crippen LogP contribution in [-0.2, 0) is 16.0 Å². The number of hydrogen-bond acceptors (Lipinski definition) is 3. The number of carboxylic acids is 1. The SMILES string of the molecule is O=C(O)CC1(NC(=O)Cc2cccc(OC(F)(F)F)c2)CCC1. The zero-order valence-electron chi connectivity index (χ0n) is 12.2. The van der Waals surface area contributed by atoms with Gasteiger partial charge in [-0.05, 0) is 37.0 Å². The molecule has 0 unspecified atom stereocenters. The number of hydrogen-bond donors (Lipinski definition) is 2. The number of ether oxygens (including phenoxy) is 1. The van der Waals surface area contributed by atoms with E-state index in [2.05, 4.69) is 10.1 Å². The number of amides is 1. The number of halogens is 3. The van der Waals surface area contributed by atoms with Gasteiger partial charge in [-0.3, -0.25) is 9.59 Å². The zero-order valence-corrected chi connectivity index (χ0v) is 12.2. The standard InChI is InChI=1S/C15H16F3NO4/c16-15(17,18)23-11-4-1-3-10(7-11)8-12(20)19-14(5-2-6-14)9-13(21)22/h1,3-4,7H,2,5-6,8-9H2,(H,19,20)(H,21,22). The summed E-state index contributed by atoms with van der Waals surface area (Å²) < 4.78 is 40.3. The molecule has 1 fully saturated rings. The Balaban J connectivity index is 1.97. The fourth-order valence-electron chi connectivity index (χ4n) is 2.62. The second-order valence-electron chi connectivity index (χ2n) is 5.62. The van der Waals surface area contributed by atoms with E-state index in [0.717, 1.165) is 18.6 Å². The van der Waals surface area contributed by atoms with Crippen molar-refractivity contribution in [2.45, 2.75) is 44.0 Å². The molecule has 1 aromatic rings.